The molecule has 4 rings (SSSR count). The molecule has 7 nitrogen and oxygen atoms in total. The number of amides is 1. The number of fused-ring (bicyclic) bond motifs is 1. The van der Waals surface area contributed by atoms with E-state index in [2.05, 4.69) is 34.1 Å². The second-order valence-corrected chi connectivity index (χ2v) is 9.00. The van der Waals surface area contributed by atoms with Crippen molar-refractivity contribution in [3.05, 3.63) is 36.0 Å². The Bertz CT molecular complexity index is 863. The normalized spacial score (nSPS) is 25.8. The molecule has 7 heteroatoms. The molecule has 1 fully saturated rings. The SMILES string of the molecule is COC1CCC(C(=O)N[C@H]2CC(C)(C)Cc3nc(-c4cnccn4)ncc32)CC1. The van der Waals surface area contributed by atoms with Crippen molar-refractivity contribution in [3.63, 3.8) is 0 Å². The molecular weight excluding hydrogens is 366 g/mol. The fourth-order valence-electron chi connectivity index (χ4n) is 4.56. The Balaban J connectivity index is 1.54. The summed E-state index contributed by atoms with van der Waals surface area (Å²) in [7, 11) is 1.75. The number of carbonyl (C=O) groups excluding carboxylic acids is 1. The maximum atomic E-state index is 13.0. The zero-order valence-corrected chi connectivity index (χ0v) is 17.4. The Morgan fingerprint density at radius 3 is 2.62 bits per heavy atom. The first kappa shape index (κ1) is 19.9. The summed E-state index contributed by atoms with van der Waals surface area (Å²) >= 11 is 0. The van der Waals surface area contributed by atoms with Gasteiger partial charge in [0.1, 0.15) is 5.69 Å². The summed E-state index contributed by atoms with van der Waals surface area (Å²) in [5, 5.41) is 3.30. The molecule has 0 aliphatic heterocycles. The van der Waals surface area contributed by atoms with Crippen LogP contribution < -0.4 is 5.32 Å². The Morgan fingerprint density at radius 2 is 1.93 bits per heavy atom. The smallest absolute Gasteiger partial charge is 0.223 e. The lowest BCUT2D eigenvalue weighted by Gasteiger charge is -2.37. The quantitative estimate of drug-likeness (QED) is 0.854. The fraction of sp³-hybridized carbons (Fsp3) is 0.591. The molecule has 0 radical (unpaired) electrons. The molecule has 1 saturated carbocycles. The maximum Gasteiger partial charge on any atom is 0.223 e. The van der Waals surface area contributed by atoms with E-state index in [-0.39, 0.29) is 23.3 Å². The molecule has 29 heavy (non-hydrogen) atoms. The van der Waals surface area contributed by atoms with Crippen LogP contribution in [0.2, 0.25) is 0 Å². The van der Waals surface area contributed by atoms with E-state index in [1.807, 2.05) is 6.20 Å². The molecule has 0 bridgehead atoms. The van der Waals surface area contributed by atoms with Gasteiger partial charge in [0.2, 0.25) is 5.91 Å². The second kappa shape index (κ2) is 8.14. The highest BCUT2D eigenvalue weighted by Gasteiger charge is 2.36. The molecule has 1 N–H and O–H groups in total. The third kappa shape index (κ3) is 4.45. The number of nitrogens with one attached hydrogen (secondary N) is 1. The highest BCUT2D eigenvalue weighted by molar-refractivity contribution is 5.79. The van der Waals surface area contributed by atoms with Crippen molar-refractivity contribution in [3.8, 4) is 11.5 Å². The van der Waals surface area contributed by atoms with Crippen molar-refractivity contribution >= 4 is 5.91 Å². The van der Waals surface area contributed by atoms with Crippen LogP contribution in [-0.4, -0.2) is 39.1 Å². The van der Waals surface area contributed by atoms with Crippen molar-refractivity contribution in [2.75, 3.05) is 7.11 Å². The van der Waals surface area contributed by atoms with E-state index in [1.165, 1.54) is 0 Å². The van der Waals surface area contributed by atoms with Crippen molar-refractivity contribution < 1.29 is 9.53 Å². The van der Waals surface area contributed by atoms with Crippen LogP contribution in [0.25, 0.3) is 11.5 Å². The van der Waals surface area contributed by atoms with Gasteiger partial charge in [-0.05, 0) is 43.9 Å². The van der Waals surface area contributed by atoms with Crippen LogP contribution in [0.3, 0.4) is 0 Å². The molecular formula is C22H29N5O2. The first-order chi connectivity index (χ1) is 13.9. The number of aromatic nitrogens is 4. The van der Waals surface area contributed by atoms with Gasteiger partial charge in [0.25, 0.3) is 0 Å². The Kier molecular flexibility index (Phi) is 5.58. The number of hydrogen-bond donors (Lipinski definition) is 1. The summed E-state index contributed by atoms with van der Waals surface area (Å²) in [6.07, 6.45) is 12.5. The van der Waals surface area contributed by atoms with Gasteiger partial charge in [0.05, 0.1) is 24.0 Å². The van der Waals surface area contributed by atoms with Crippen LogP contribution in [-0.2, 0) is 16.0 Å². The highest BCUT2D eigenvalue weighted by atomic mass is 16.5. The van der Waals surface area contributed by atoms with Crippen LogP contribution >= 0.6 is 0 Å². The zero-order chi connectivity index (χ0) is 20.4. The van der Waals surface area contributed by atoms with Gasteiger partial charge in [-0.2, -0.15) is 0 Å². The third-order valence-corrected chi connectivity index (χ3v) is 6.17. The van der Waals surface area contributed by atoms with E-state index < -0.39 is 0 Å². The van der Waals surface area contributed by atoms with Crippen molar-refractivity contribution in [1.29, 1.82) is 0 Å². The molecule has 0 aromatic carbocycles. The van der Waals surface area contributed by atoms with Crippen molar-refractivity contribution in [2.45, 2.75) is 64.5 Å². The van der Waals surface area contributed by atoms with Gasteiger partial charge in [-0.25, -0.2) is 15.0 Å². The van der Waals surface area contributed by atoms with Gasteiger partial charge in [-0.3, -0.25) is 9.78 Å². The van der Waals surface area contributed by atoms with Gasteiger partial charge in [0, 0.05) is 37.2 Å². The van der Waals surface area contributed by atoms with Crippen LogP contribution in [0, 0.1) is 11.3 Å². The van der Waals surface area contributed by atoms with Gasteiger partial charge in [-0.15, -0.1) is 0 Å². The van der Waals surface area contributed by atoms with E-state index in [9.17, 15) is 4.79 Å². The van der Waals surface area contributed by atoms with E-state index >= 15 is 0 Å². The van der Waals surface area contributed by atoms with Gasteiger partial charge in [-0.1, -0.05) is 13.8 Å². The molecule has 0 saturated heterocycles. The van der Waals surface area contributed by atoms with Crippen LogP contribution in [0.15, 0.2) is 24.8 Å². The summed E-state index contributed by atoms with van der Waals surface area (Å²) < 4.78 is 5.43. The van der Waals surface area contributed by atoms with Gasteiger partial charge < -0.3 is 10.1 Å². The lowest BCUT2D eigenvalue weighted by atomic mass is 9.74. The summed E-state index contributed by atoms with van der Waals surface area (Å²) in [4.78, 5) is 30.7. The molecule has 1 atom stereocenters. The standard InChI is InChI=1S/C22H29N5O2/c1-22(2)10-17-16(12-25-20(26-17)19-13-23-8-9-24-19)18(11-22)27-21(28)14-4-6-15(29-3)7-5-14/h8-9,12-15,18H,4-7,10-11H2,1-3H3,(H,27,28)/t14?,15?,18-/m0/s1. The minimum atomic E-state index is -0.0580. The van der Waals surface area contributed by atoms with E-state index in [0.717, 1.165) is 49.8 Å². The second-order valence-electron chi connectivity index (χ2n) is 9.00. The van der Waals surface area contributed by atoms with E-state index in [1.54, 1.807) is 25.7 Å². The minimum absolute atomic E-state index is 0.0483. The number of carbonyl (C=O) groups is 1. The molecule has 0 unspecified atom stereocenters. The largest absolute Gasteiger partial charge is 0.381 e. The zero-order valence-electron chi connectivity index (χ0n) is 17.4. The first-order valence-corrected chi connectivity index (χ1v) is 10.4. The van der Waals surface area contributed by atoms with Crippen molar-refractivity contribution in [2.24, 2.45) is 11.3 Å². The summed E-state index contributed by atoms with van der Waals surface area (Å²) in [6.45, 7) is 4.45. The van der Waals surface area contributed by atoms with E-state index in [0.29, 0.717) is 17.6 Å². The number of ether oxygens (including phenoxy) is 1. The summed E-state index contributed by atoms with van der Waals surface area (Å²) in [6, 6.07) is -0.0580. The van der Waals surface area contributed by atoms with Crippen molar-refractivity contribution in [1.82, 2.24) is 25.3 Å². The molecule has 2 heterocycles. The van der Waals surface area contributed by atoms with Crippen LogP contribution in [0.4, 0.5) is 0 Å². The molecule has 2 aromatic heterocycles. The number of methoxy groups -OCH3 is 1. The van der Waals surface area contributed by atoms with Crippen LogP contribution in [0.1, 0.15) is 63.3 Å². The lowest BCUT2D eigenvalue weighted by molar-refractivity contribution is -0.127. The Morgan fingerprint density at radius 1 is 1.14 bits per heavy atom. The fourth-order valence-corrected chi connectivity index (χ4v) is 4.56. The monoisotopic (exact) mass is 395 g/mol. The first-order valence-electron chi connectivity index (χ1n) is 10.4. The van der Waals surface area contributed by atoms with E-state index in [4.69, 9.17) is 9.72 Å². The highest BCUT2D eigenvalue weighted by Crippen LogP contribution is 2.40. The summed E-state index contributed by atoms with van der Waals surface area (Å²) in [5.41, 5.74) is 2.72. The summed E-state index contributed by atoms with van der Waals surface area (Å²) in [5.74, 6) is 0.790. The predicted octanol–water partition coefficient (Wildman–Crippen LogP) is 3.27. The Labute approximate surface area is 171 Å². The third-order valence-electron chi connectivity index (χ3n) is 6.17. The Hall–Kier alpha value is -2.41. The predicted molar refractivity (Wildman–Crippen MR) is 109 cm³/mol. The van der Waals surface area contributed by atoms with Gasteiger partial charge >= 0.3 is 0 Å². The lowest BCUT2D eigenvalue weighted by Crippen LogP contribution is -2.41. The molecule has 154 valence electrons. The molecule has 2 aliphatic carbocycles. The average Bonchev–Trinajstić information content (AvgIpc) is 2.73. The molecule has 2 aromatic rings. The maximum absolute atomic E-state index is 13.0. The topological polar surface area (TPSA) is 89.9 Å². The van der Waals surface area contributed by atoms with Crippen LogP contribution in [0.5, 0.6) is 0 Å². The van der Waals surface area contributed by atoms with Gasteiger partial charge in [0.15, 0.2) is 5.82 Å². The number of rotatable bonds is 4. The molecule has 0 spiro atoms. The number of nitrogens with zero attached hydrogens (tertiary/aromatic N) is 4. The minimum Gasteiger partial charge on any atom is -0.381 e. The number of hydrogen-bond acceptors (Lipinski definition) is 6. The molecule has 1 amide bonds. The average molecular weight is 396 g/mol. The molecule has 2 aliphatic rings.